The van der Waals surface area contributed by atoms with Gasteiger partial charge in [0.25, 0.3) is 0 Å². The number of rotatable bonds is 4. The fourth-order valence-electron chi connectivity index (χ4n) is 0.429. The molecule has 0 aliphatic heterocycles. The standard InChI is InChI=1S/C5H7N3O5/c6-5(13)8-7-2(4(11)12)1-3(9)10/h1H2,(H,9,10)(H,11,12)(H3,6,8,13). The van der Waals surface area contributed by atoms with Crippen LogP contribution in [0.25, 0.3) is 0 Å². The zero-order chi connectivity index (χ0) is 10.4. The summed E-state index contributed by atoms with van der Waals surface area (Å²) in [6.07, 6.45) is -0.796. The van der Waals surface area contributed by atoms with E-state index < -0.39 is 30.1 Å². The van der Waals surface area contributed by atoms with Crippen LogP contribution in [0.2, 0.25) is 0 Å². The van der Waals surface area contributed by atoms with Crippen molar-refractivity contribution in [1.29, 1.82) is 0 Å². The van der Waals surface area contributed by atoms with Gasteiger partial charge in [0, 0.05) is 0 Å². The molecule has 0 unspecified atom stereocenters. The molecule has 0 aromatic carbocycles. The smallest absolute Gasteiger partial charge is 0.352 e. The highest BCUT2D eigenvalue weighted by Gasteiger charge is 2.13. The summed E-state index contributed by atoms with van der Waals surface area (Å²) in [5, 5.41) is 19.5. The molecule has 0 aromatic heterocycles. The zero-order valence-corrected chi connectivity index (χ0v) is 6.35. The molecule has 8 nitrogen and oxygen atoms in total. The minimum absolute atomic E-state index is 0.702. The second-order valence-electron chi connectivity index (χ2n) is 1.91. The van der Waals surface area contributed by atoms with Crippen molar-refractivity contribution < 1.29 is 24.6 Å². The first kappa shape index (κ1) is 10.9. The van der Waals surface area contributed by atoms with E-state index in [9.17, 15) is 14.4 Å². The fourth-order valence-corrected chi connectivity index (χ4v) is 0.429. The lowest BCUT2D eigenvalue weighted by molar-refractivity contribution is -0.137. The summed E-state index contributed by atoms with van der Waals surface area (Å²) in [5.74, 6) is -2.90. The molecule has 72 valence electrons. The molecule has 8 heteroatoms. The van der Waals surface area contributed by atoms with Crippen LogP contribution in [0.4, 0.5) is 4.79 Å². The molecule has 0 radical (unpaired) electrons. The van der Waals surface area contributed by atoms with E-state index in [0.717, 1.165) is 0 Å². The van der Waals surface area contributed by atoms with Crippen LogP contribution in [0.1, 0.15) is 6.42 Å². The molecule has 0 fully saturated rings. The molecule has 0 aromatic rings. The minimum atomic E-state index is -1.53. The Morgan fingerprint density at radius 3 is 2.15 bits per heavy atom. The van der Waals surface area contributed by atoms with E-state index in [-0.39, 0.29) is 0 Å². The maximum atomic E-state index is 10.3. The lowest BCUT2D eigenvalue weighted by Crippen LogP contribution is -2.28. The van der Waals surface area contributed by atoms with Gasteiger partial charge in [0.2, 0.25) is 0 Å². The zero-order valence-electron chi connectivity index (χ0n) is 6.35. The van der Waals surface area contributed by atoms with Gasteiger partial charge >= 0.3 is 18.0 Å². The third kappa shape index (κ3) is 5.18. The molecule has 0 spiro atoms. The molecular weight excluding hydrogens is 182 g/mol. The summed E-state index contributed by atoms with van der Waals surface area (Å²) in [7, 11) is 0. The van der Waals surface area contributed by atoms with Crippen molar-refractivity contribution >= 4 is 23.7 Å². The SMILES string of the molecule is NC(=O)NN=C(CC(=O)O)C(=O)O. The van der Waals surface area contributed by atoms with Crippen molar-refractivity contribution in [3.05, 3.63) is 0 Å². The second-order valence-corrected chi connectivity index (χ2v) is 1.91. The van der Waals surface area contributed by atoms with Crippen molar-refractivity contribution in [2.24, 2.45) is 10.8 Å². The summed E-state index contributed by atoms with van der Waals surface area (Å²) in [4.78, 5) is 30.4. The van der Waals surface area contributed by atoms with E-state index in [0.29, 0.717) is 0 Å². The Morgan fingerprint density at radius 1 is 1.31 bits per heavy atom. The minimum Gasteiger partial charge on any atom is -0.481 e. The molecule has 0 rings (SSSR count). The van der Waals surface area contributed by atoms with Crippen LogP contribution in [0.15, 0.2) is 5.10 Å². The van der Waals surface area contributed by atoms with Crippen LogP contribution < -0.4 is 11.2 Å². The Balaban J connectivity index is 4.41. The van der Waals surface area contributed by atoms with E-state index in [1.807, 2.05) is 0 Å². The summed E-state index contributed by atoms with van der Waals surface area (Å²) in [6.45, 7) is 0. The topological polar surface area (TPSA) is 142 Å². The molecule has 0 aliphatic rings. The number of nitrogens with zero attached hydrogens (tertiary/aromatic N) is 1. The molecule has 0 bridgehead atoms. The van der Waals surface area contributed by atoms with Gasteiger partial charge in [0.15, 0.2) is 5.71 Å². The quantitative estimate of drug-likeness (QED) is 0.316. The monoisotopic (exact) mass is 189 g/mol. The van der Waals surface area contributed by atoms with Crippen molar-refractivity contribution in [2.75, 3.05) is 0 Å². The number of urea groups is 1. The van der Waals surface area contributed by atoms with Crippen molar-refractivity contribution in [2.45, 2.75) is 6.42 Å². The van der Waals surface area contributed by atoms with E-state index >= 15 is 0 Å². The van der Waals surface area contributed by atoms with Crippen molar-refractivity contribution in [3.63, 3.8) is 0 Å². The van der Waals surface area contributed by atoms with Crippen LogP contribution in [-0.2, 0) is 9.59 Å². The van der Waals surface area contributed by atoms with Crippen LogP contribution in [0.5, 0.6) is 0 Å². The van der Waals surface area contributed by atoms with Gasteiger partial charge in [-0.15, -0.1) is 0 Å². The van der Waals surface area contributed by atoms with Gasteiger partial charge in [0.05, 0.1) is 6.42 Å². The summed E-state index contributed by atoms with van der Waals surface area (Å²) >= 11 is 0. The largest absolute Gasteiger partial charge is 0.481 e. The number of carboxylic acids is 2. The first-order valence-corrected chi connectivity index (χ1v) is 3.00. The Kier molecular flexibility index (Phi) is 3.93. The predicted octanol–water partition coefficient (Wildman–Crippen LogP) is -1.43. The van der Waals surface area contributed by atoms with Gasteiger partial charge in [-0.1, -0.05) is 0 Å². The normalized spacial score (nSPS) is 10.6. The number of nitrogens with one attached hydrogen (secondary N) is 1. The van der Waals surface area contributed by atoms with Gasteiger partial charge in [-0.3, -0.25) is 4.79 Å². The number of hydrazone groups is 1. The van der Waals surface area contributed by atoms with E-state index in [4.69, 9.17) is 10.2 Å². The summed E-state index contributed by atoms with van der Waals surface area (Å²) < 4.78 is 0. The number of hydrogen-bond donors (Lipinski definition) is 4. The first-order valence-electron chi connectivity index (χ1n) is 3.00. The molecule has 0 saturated carbocycles. The van der Waals surface area contributed by atoms with Gasteiger partial charge in [-0.05, 0) is 0 Å². The number of carbonyl (C=O) groups is 3. The van der Waals surface area contributed by atoms with Gasteiger partial charge in [-0.25, -0.2) is 15.0 Å². The molecule has 0 atom stereocenters. The molecule has 0 heterocycles. The van der Waals surface area contributed by atoms with Crippen LogP contribution in [0, 0.1) is 0 Å². The number of carboxylic acid groups (broad SMARTS) is 2. The number of aliphatic carboxylic acids is 2. The van der Waals surface area contributed by atoms with E-state index in [1.165, 1.54) is 0 Å². The Bertz CT molecular complexity index is 271. The Morgan fingerprint density at radius 2 is 1.85 bits per heavy atom. The number of amides is 2. The van der Waals surface area contributed by atoms with Gasteiger partial charge in [0.1, 0.15) is 0 Å². The van der Waals surface area contributed by atoms with E-state index in [2.05, 4.69) is 10.8 Å². The lowest BCUT2D eigenvalue weighted by Gasteiger charge is -1.96. The highest BCUT2D eigenvalue weighted by Crippen LogP contribution is 1.86. The van der Waals surface area contributed by atoms with Gasteiger partial charge < -0.3 is 15.9 Å². The average Bonchev–Trinajstić information content (AvgIpc) is 1.96. The summed E-state index contributed by atoms with van der Waals surface area (Å²) in [6, 6.07) is -1.07. The molecule has 0 aliphatic carbocycles. The number of nitrogens with two attached hydrogens (primary N) is 1. The lowest BCUT2D eigenvalue weighted by atomic mass is 10.3. The van der Waals surface area contributed by atoms with Crippen LogP contribution in [0.3, 0.4) is 0 Å². The maximum Gasteiger partial charge on any atom is 0.352 e. The Labute approximate surface area is 72.0 Å². The van der Waals surface area contributed by atoms with Crippen molar-refractivity contribution in [3.8, 4) is 0 Å². The summed E-state index contributed by atoms with van der Waals surface area (Å²) in [5.41, 5.74) is 5.49. The Hall–Kier alpha value is -2.12. The molecule has 0 saturated heterocycles. The molecular formula is C5H7N3O5. The van der Waals surface area contributed by atoms with Crippen LogP contribution in [-0.4, -0.2) is 33.9 Å². The molecule has 5 N–H and O–H groups in total. The molecule has 2 amide bonds. The number of hydrogen-bond acceptors (Lipinski definition) is 4. The van der Waals surface area contributed by atoms with Crippen LogP contribution >= 0.6 is 0 Å². The average molecular weight is 189 g/mol. The number of carbonyl (C=O) groups excluding carboxylic acids is 1. The third-order valence-corrected chi connectivity index (χ3v) is 0.867. The second kappa shape index (κ2) is 4.70. The number of primary amides is 1. The third-order valence-electron chi connectivity index (χ3n) is 0.867. The highest BCUT2D eigenvalue weighted by atomic mass is 16.4. The molecule has 13 heavy (non-hydrogen) atoms. The van der Waals surface area contributed by atoms with Crippen molar-refractivity contribution in [1.82, 2.24) is 5.43 Å². The maximum absolute atomic E-state index is 10.3. The van der Waals surface area contributed by atoms with Gasteiger partial charge in [-0.2, -0.15) is 5.10 Å². The first-order chi connectivity index (χ1) is 5.93. The van der Waals surface area contributed by atoms with E-state index in [1.54, 1.807) is 5.43 Å². The predicted molar refractivity (Wildman–Crippen MR) is 40.0 cm³/mol. The highest BCUT2D eigenvalue weighted by molar-refractivity contribution is 6.38. The fraction of sp³-hybridized carbons (Fsp3) is 0.200.